The zero-order chi connectivity index (χ0) is 6.41. The van der Waals surface area contributed by atoms with Crippen LogP contribution in [0.4, 0.5) is 0 Å². The van der Waals surface area contributed by atoms with Crippen LogP contribution in [0, 0.1) is 0 Å². The zero-order valence-corrected chi connectivity index (χ0v) is 4.66. The maximum absolute atomic E-state index is 9.75. The average molecular weight is 136 g/mol. The maximum atomic E-state index is 9.75. The molecule has 0 heterocycles. The Kier molecular flexibility index (Phi) is 10.3. The molecule has 2 nitrogen and oxygen atoms in total. The van der Waals surface area contributed by atoms with E-state index in [0.717, 1.165) is 6.08 Å². The molecule has 0 saturated carbocycles. The quantitative estimate of drug-likeness (QED) is 0.342. The van der Waals surface area contributed by atoms with Gasteiger partial charge in [0.2, 0.25) is 0 Å². The molecule has 0 unspecified atom stereocenters. The van der Waals surface area contributed by atoms with Gasteiger partial charge in [-0.05, 0) is 6.92 Å². The molecule has 0 aliphatic rings. The Morgan fingerprint density at radius 3 is 2.33 bits per heavy atom. The Morgan fingerprint density at radius 2 is 2.00 bits per heavy atom. The summed E-state index contributed by atoms with van der Waals surface area (Å²) in [5.41, 5.74) is 0. The van der Waals surface area contributed by atoms with Crippen molar-refractivity contribution in [3.63, 3.8) is 0 Å². The molecule has 0 spiro atoms. The molecule has 0 rings (SSSR count). The first-order valence-corrected chi connectivity index (χ1v) is 2.29. The standard InChI is InChI=1S/C6H8O2.Na.H/c1-2-3-4-5-6(7)8;;/h2-5H,1H3,(H,7,8);;. The van der Waals surface area contributed by atoms with E-state index in [9.17, 15) is 4.79 Å². The van der Waals surface area contributed by atoms with Crippen LogP contribution in [-0.2, 0) is 4.79 Å². The van der Waals surface area contributed by atoms with Gasteiger partial charge in [0.25, 0.3) is 0 Å². The van der Waals surface area contributed by atoms with Crippen LogP contribution in [0.3, 0.4) is 0 Å². The normalized spacial score (nSPS) is 9.89. The Bertz CT molecular complexity index is 127. The van der Waals surface area contributed by atoms with Crippen molar-refractivity contribution in [2.45, 2.75) is 6.92 Å². The molecular weight excluding hydrogens is 127 g/mol. The van der Waals surface area contributed by atoms with Gasteiger partial charge in [0, 0.05) is 6.08 Å². The molecule has 0 bridgehead atoms. The van der Waals surface area contributed by atoms with Crippen LogP contribution in [0.1, 0.15) is 6.92 Å². The summed E-state index contributed by atoms with van der Waals surface area (Å²) in [6.07, 6.45) is 5.98. The van der Waals surface area contributed by atoms with Crippen molar-refractivity contribution in [3.05, 3.63) is 24.3 Å². The number of carboxylic acids is 1. The van der Waals surface area contributed by atoms with E-state index in [1.165, 1.54) is 6.08 Å². The van der Waals surface area contributed by atoms with E-state index >= 15 is 0 Å². The van der Waals surface area contributed by atoms with Gasteiger partial charge in [-0.2, -0.15) is 0 Å². The average Bonchev–Trinajstić information content (AvgIpc) is 1.66. The number of carbonyl (C=O) groups is 1. The van der Waals surface area contributed by atoms with Crippen LogP contribution >= 0.6 is 0 Å². The van der Waals surface area contributed by atoms with Gasteiger partial charge in [-0.25, -0.2) is 4.79 Å². The van der Waals surface area contributed by atoms with Crippen LogP contribution < -0.4 is 0 Å². The van der Waals surface area contributed by atoms with E-state index in [2.05, 4.69) is 0 Å². The first kappa shape index (κ1) is 11.7. The van der Waals surface area contributed by atoms with E-state index in [4.69, 9.17) is 5.11 Å². The summed E-state index contributed by atoms with van der Waals surface area (Å²) >= 11 is 0. The predicted molar refractivity (Wildman–Crippen MR) is 38.7 cm³/mol. The molecule has 0 radical (unpaired) electrons. The molecule has 46 valence electrons. The van der Waals surface area contributed by atoms with E-state index < -0.39 is 5.97 Å². The van der Waals surface area contributed by atoms with Crippen molar-refractivity contribution in [1.29, 1.82) is 0 Å². The van der Waals surface area contributed by atoms with Gasteiger partial charge in [-0.3, -0.25) is 0 Å². The number of hydrogen-bond donors (Lipinski definition) is 1. The number of allylic oxidation sites excluding steroid dienone is 3. The molecule has 0 aromatic carbocycles. The second kappa shape index (κ2) is 7.95. The third-order valence-corrected chi connectivity index (χ3v) is 0.542. The Labute approximate surface area is 76.6 Å². The third kappa shape index (κ3) is 11.5. The molecule has 1 N–H and O–H groups in total. The fraction of sp³-hybridized carbons (Fsp3) is 0.167. The van der Waals surface area contributed by atoms with Gasteiger partial charge in [0.05, 0.1) is 0 Å². The molecule has 0 aromatic rings. The van der Waals surface area contributed by atoms with E-state index in [1.807, 2.05) is 6.92 Å². The number of aliphatic carboxylic acids is 1. The second-order valence-corrected chi connectivity index (χ2v) is 1.22. The molecule has 0 fully saturated rings. The molecule has 0 saturated heterocycles. The Hall–Kier alpha value is -0.0500. The van der Waals surface area contributed by atoms with Crippen molar-refractivity contribution in [2.75, 3.05) is 0 Å². The van der Waals surface area contributed by atoms with Crippen molar-refractivity contribution >= 4 is 35.5 Å². The number of hydrogen-bond acceptors (Lipinski definition) is 1. The van der Waals surface area contributed by atoms with Gasteiger partial charge >= 0.3 is 35.5 Å². The summed E-state index contributed by atoms with van der Waals surface area (Å²) in [5, 5.41) is 8.02. The summed E-state index contributed by atoms with van der Waals surface area (Å²) in [7, 11) is 0. The van der Waals surface area contributed by atoms with Gasteiger partial charge in [-0.1, -0.05) is 18.2 Å². The van der Waals surface area contributed by atoms with Crippen molar-refractivity contribution in [2.24, 2.45) is 0 Å². The van der Waals surface area contributed by atoms with Crippen LogP contribution in [-0.4, -0.2) is 40.6 Å². The van der Waals surface area contributed by atoms with Crippen LogP contribution in [0.2, 0.25) is 0 Å². The minimum absolute atomic E-state index is 0. The molecular formula is C6H9NaO2. The Morgan fingerprint density at radius 1 is 1.44 bits per heavy atom. The number of rotatable bonds is 2. The SMILES string of the molecule is CC=CC=CC(=O)O.[NaH]. The summed E-state index contributed by atoms with van der Waals surface area (Å²) in [6.45, 7) is 1.83. The van der Waals surface area contributed by atoms with Crippen molar-refractivity contribution in [3.8, 4) is 0 Å². The third-order valence-electron chi connectivity index (χ3n) is 0.542. The van der Waals surface area contributed by atoms with Crippen LogP contribution in [0.15, 0.2) is 24.3 Å². The van der Waals surface area contributed by atoms with E-state index in [0.29, 0.717) is 0 Å². The first-order chi connectivity index (χ1) is 3.77. The molecule has 0 amide bonds. The summed E-state index contributed by atoms with van der Waals surface area (Å²) < 4.78 is 0. The van der Waals surface area contributed by atoms with E-state index in [-0.39, 0.29) is 29.6 Å². The van der Waals surface area contributed by atoms with Crippen molar-refractivity contribution in [1.82, 2.24) is 0 Å². The molecule has 0 aliphatic heterocycles. The second-order valence-electron chi connectivity index (χ2n) is 1.22. The predicted octanol–water partition coefficient (Wildman–Crippen LogP) is 0.555. The molecule has 9 heavy (non-hydrogen) atoms. The van der Waals surface area contributed by atoms with Gasteiger partial charge in [-0.15, -0.1) is 0 Å². The minimum atomic E-state index is -0.914. The molecule has 0 aliphatic carbocycles. The van der Waals surface area contributed by atoms with E-state index in [1.54, 1.807) is 12.2 Å². The van der Waals surface area contributed by atoms with Gasteiger partial charge < -0.3 is 5.11 Å². The molecule has 3 heteroatoms. The van der Waals surface area contributed by atoms with Gasteiger partial charge in [0.1, 0.15) is 0 Å². The molecule has 0 atom stereocenters. The van der Waals surface area contributed by atoms with Gasteiger partial charge in [0.15, 0.2) is 0 Å². The topological polar surface area (TPSA) is 37.3 Å². The Balaban J connectivity index is 0. The number of carboxylic acid groups (broad SMARTS) is 1. The fourth-order valence-electron chi connectivity index (χ4n) is 0.249. The fourth-order valence-corrected chi connectivity index (χ4v) is 0.249. The first-order valence-electron chi connectivity index (χ1n) is 2.29. The summed E-state index contributed by atoms with van der Waals surface area (Å²) in [6, 6.07) is 0. The van der Waals surface area contributed by atoms with Crippen LogP contribution in [0.25, 0.3) is 0 Å². The zero-order valence-electron chi connectivity index (χ0n) is 4.66. The monoisotopic (exact) mass is 136 g/mol. The van der Waals surface area contributed by atoms with Crippen LogP contribution in [0.5, 0.6) is 0 Å². The summed E-state index contributed by atoms with van der Waals surface area (Å²) in [5.74, 6) is -0.914. The summed E-state index contributed by atoms with van der Waals surface area (Å²) in [4.78, 5) is 9.75. The molecule has 0 aromatic heterocycles. The van der Waals surface area contributed by atoms with Crippen molar-refractivity contribution < 1.29 is 9.90 Å².